The molecule has 5 nitrogen and oxygen atoms in total. The zero-order chi connectivity index (χ0) is 13.7. The van der Waals surface area contributed by atoms with Crippen molar-refractivity contribution in [2.24, 2.45) is 0 Å². The molecule has 1 aliphatic heterocycles. The van der Waals surface area contributed by atoms with Gasteiger partial charge in [0, 0.05) is 19.1 Å². The highest BCUT2D eigenvalue weighted by atomic mass is 32.2. The minimum Gasteiger partial charge on any atom is -0.360 e. The van der Waals surface area contributed by atoms with Crippen LogP contribution in [0.15, 0.2) is 4.34 Å². The first-order chi connectivity index (χ1) is 9.20. The van der Waals surface area contributed by atoms with E-state index >= 15 is 0 Å². The number of hydrogen-bond donors (Lipinski definition) is 1. The summed E-state index contributed by atoms with van der Waals surface area (Å²) in [5.74, 6) is 0.683. The maximum Gasteiger partial charge on any atom is 0.233 e. The minimum absolute atomic E-state index is 0.220. The second-order valence-corrected chi connectivity index (χ2v) is 6.82. The quantitative estimate of drug-likeness (QED) is 0.847. The van der Waals surface area contributed by atoms with Crippen LogP contribution < -0.4 is 5.32 Å². The van der Waals surface area contributed by atoms with E-state index in [0.717, 1.165) is 35.4 Å². The molecule has 0 aliphatic carbocycles. The van der Waals surface area contributed by atoms with Crippen molar-refractivity contribution in [2.45, 2.75) is 43.5 Å². The second-order valence-electron chi connectivity index (χ2n) is 4.62. The predicted octanol–water partition coefficient (Wildman–Crippen LogP) is 2.46. The molecule has 1 aliphatic rings. The average Bonchev–Trinajstić information content (AvgIpc) is 2.85. The Hall–Kier alpha value is -0.820. The Kier molecular flexibility index (Phi) is 5.45. The van der Waals surface area contributed by atoms with Crippen molar-refractivity contribution < 1.29 is 4.79 Å². The number of amides is 1. The summed E-state index contributed by atoms with van der Waals surface area (Å²) >= 11 is 2.99. The summed E-state index contributed by atoms with van der Waals surface area (Å²) in [6, 6.07) is 0.383. The van der Waals surface area contributed by atoms with Crippen molar-refractivity contribution in [1.82, 2.24) is 15.1 Å². The molecule has 106 valence electrons. The molecule has 0 bridgehead atoms. The summed E-state index contributed by atoms with van der Waals surface area (Å²) < 4.78 is 0.856. The SMILES string of the molecule is CCNc1nnc(SCC(=O)N2CCCC[C@@H]2C)s1. The van der Waals surface area contributed by atoms with E-state index in [-0.39, 0.29) is 5.91 Å². The number of piperidine rings is 1. The number of aromatic nitrogens is 2. The largest absolute Gasteiger partial charge is 0.360 e. The Bertz CT molecular complexity index is 424. The van der Waals surface area contributed by atoms with Crippen LogP contribution in [-0.4, -0.2) is 45.9 Å². The third kappa shape index (κ3) is 4.07. The van der Waals surface area contributed by atoms with Crippen LogP contribution >= 0.6 is 23.1 Å². The van der Waals surface area contributed by atoms with Crippen molar-refractivity contribution >= 4 is 34.1 Å². The summed E-state index contributed by atoms with van der Waals surface area (Å²) in [6.07, 6.45) is 3.49. The van der Waals surface area contributed by atoms with Crippen molar-refractivity contribution in [2.75, 3.05) is 24.2 Å². The molecule has 1 aromatic heterocycles. The van der Waals surface area contributed by atoms with Gasteiger partial charge >= 0.3 is 0 Å². The van der Waals surface area contributed by atoms with E-state index in [4.69, 9.17) is 0 Å². The highest BCUT2D eigenvalue weighted by molar-refractivity contribution is 8.01. The Labute approximate surface area is 122 Å². The van der Waals surface area contributed by atoms with Crippen LogP contribution in [-0.2, 0) is 4.79 Å². The number of hydrogen-bond acceptors (Lipinski definition) is 6. The van der Waals surface area contributed by atoms with E-state index < -0.39 is 0 Å². The molecule has 1 aromatic rings. The molecule has 19 heavy (non-hydrogen) atoms. The first kappa shape index (κ1) is 14.6. The number of rotatable bonds is 5. The van der Waals surface area contributed by atoms with E-state index in [2.05, 4.69) is 22.4 Å². The van der Waals surface area contributed by atoms with Gasteiger partial charge in [0.15, 0.2) is 4.34 Å². The molecule has 7 heteroatoms. The lowest BCUT2D eigenvalue weighted by atomic mass is 10.0. The van der Waals surface area contributed by atoms with E-state index in [0.29, 0.717) is 11.8 Å². The molecule has 0 unspecified atom stereocenters. The summed E-state index contributed by atoms with van der Waals surface area (Å²) in [5.41, 5.74) is 0. The molecule has 1 saturated heterocycles. The molecular formula is C12H20N4OS2. The third-order valence-electron chi connectivity index (χ3n) is 3.18. The lowest BCUT2D eigenvalue weighted by Crippen LogP contribution is -2.42. The fourth-order valence-corrected chi connectivity index (χ4v) is 3.87. The normalized spacial score (nSPS) is 19.5. The van der Waals surface area contributed by atoms with Crippen LogP contribution in [0.2, 0.25) is 0 Å². The predicted molar refractivity (Wildman–Crippen MR) is 79.8 cm³/mol. The molecule has 1 fully saturated rings. The molecular weight excluding hydrogens is 280 g/mol. The molecule has 0 aromatic carbocycles. The average molecular weight is 300 g/mol. The number of nitrogens with one attached hydrogen (secondary N) is 1. The molecule has 1 amide bonds. The van der Waals surface area contributed by atoms with Crippen molar-refractivity contribution in [3.63, 3.8) is 0 Å². The van der Waals surface area contributed by atoms with Crippen LogP contribution in [0.5, 0.6) is 0 Å². The zero-order valence-corrected chi connectivity index (χ0v) is 13.0. The topological polar surface area (TPSA) is 58.1 Å². The molecule has 1 atom stereocenters. The number of likely N-dealkylation sites (tertiary alicyclic amines) is 1. The first-order valence-electron chi connectivity index (χ1n) is 6.70. The summed E-state index contributed by atoms with van der Waals surface area (Å²) in [4.78, 5) is 14.2. The Balaban J connectivity index is 1.81. The van der Waals surface area contributed by atoms with Crippen LogP contribution in [0.1, 0.15) is 33.1 Å². The summed E-state index contributed by atoms with van der Waals surface area (Å²) in [6.45, 7) is 5.90. The van der Waals surface area contributed by atoms with Gasteiger partial charge < -0.3 is 10.2 Å². The second kappa shape index (κ2) is 7.09. The molecule has 0 spiro atoms. The van der Waals surface area contributed by atoms with Gasteiger partial charge in [0.2, 0.25) is 11.0 Å². The van der Waals surface area contributed by atoms with E-state index in [1.807, 2.05) is 11.8 Å². The fourth-order valence-electron chi connectivity index (χ4n) is 2.17. The fraction of sp³-hybridized carbons (Fsp3) is 0.750. The monoisotopic (exact) mass is 300 g/mol. The highest BCUT2D eigenvalue weighted by Gasteiger charge is 2.23. The van der Waals surface area contributed by atoms with Crippen LogP contribution in [0, 0.1) is 0 Å². The first-order valence-corrected chi connectivity index (χ1v) is 8.50. The molecule has 0 saturated carbocycles. The van der Waals surface area contributed by atoms with Gasteiger partial charge in [-0.25, -0.2) is 0 Å². The Morgan fingerprint density at radius 3 is 3.11 bits per heavy atom. The van der Waals surface area contributed by atoms with Gasteiger partial charge in [-0.3, -0.25) is 4.79 Å². The standard InChI is InChI=1S/C12H20N4OS2/c1-3-13-11-14-15-12(19-11)18-8-10(17)16-7-5-4-6-9(16)2/h9H,3-8H2,1-2H3,(H,13,14)/t9-/m0/s1. The summed E-state index contributed by atoms with van der Waals surface area (Å²) in [5, 5.41) is 12.0. The van der Waals surface area contributed by atoms with Crippen molar-refractivity contribution in [3.05, 3.63) is 0 Å². The number of carbonyl (C=O) groups is 1. The minimum atomic E-state index is 0.220. The third-order valence-corrected chi connectivity index (χ3v) is 5.18. The molecule has 0 radical (unpaired) electrons. The van der Waals surface area contributed by atoms with E-state index in [1.165, 1.54) is 29.5 Å². The lowest BCUT2D eigenvalue weighted by molar-refractivity contribution is -0.131. The lowest BCUT2D eigenvalue weighted by Gasteiger charge is -2.33. The van der Waals surface area contributed by atoms with Crippen molar-refractivity contribution in [1.29, 1.82) is 0 Å². The van der Waals surface area contributed by atoms with Gasteiger partial charge in [-0.2, -0.15) is 0 Å². The molecule has 2 heterocycles. The van der Waals surface area contributed by atoms with Gasteiger partial charge in [-0.05, 0) is 33.1 Å². The van der Waals surface area contributed by atoms with Gasteiger partial charge in [0.1, 0.15) is 0 Å². The summed E-state index contributed by atoms with van der Waals surface area (Å²) in [7, 11) is 0. The maximum atomic E-state index is 12.2. The molecule has 2 rings (SSSR count). The number of carbonyl (C=O) groups excluding carboxylic acids is 1. The van der Waals surface area contributed by atoms with E-state index in [1.54, 1.807) is 0 Å². The molecule has 1 N–H and O–H groups in total. The van der Waals surface area contributed by atoms with Crippen molar-refractivity contribution in [3.8, 4) is 0 Å². The van der Waals surface area contributed by atoms with E-state index in [9.17, 15) is 4.79 Å². The number of nitrogens with zero attached hydrogens (tertiary/aromatic N) is 3. The van der Waals surface area contributed by atoms with Crippen LogP contribution in [0.3, 0.4) is 0 Å². The highest BCUT2D eigenvalue weighted by Crippen LogP contribution is 2.26. The van der Waals surface area contributed by atoms with Gasteiger partial charge in [0.25, 0.3) is 0 Å². The zero-order valence-electron chi connectivity index (χ0n) is 11.4. The van der Waals surface area contributed by atoms with Gasteiger partial charge in [0.05, 0.1) is 5.75 Å². The maximum absolute atomic E-state index is 12.2. The van der Waals surface area contributed by atoms with Gasteiger partial charge in [-0.1, -0.05) is 23.1 Å². The Morgan fingerprint density at radius 2 is 2.37 bits per heavy atom. The number of anilines is 1. The Morgan fingerprint density at radius 1 is 1.53 bits per heavy atom. The number of thioether (sulfide) groups is 1. The smallest absolute Gasteiger partial charge is 0.233 e. The van der Waals surface area contributed by atoms with Gasteiger partial charge in [-0.15, -0.1) is 10.2 Å². The van der Waals surface area contributed by atoms with Crippen LogP contribution in [0.4, 0.5) is 5.13 Å². The van der Waals surface area contributed by atoms with Crippen LogP contribution in [0.25, 0.3) is 0 Å².